The standard InChI is InChI=1S/C15H21NO2S/c1-16-13(11-3-4-11)10-19-12-5-6-14-15(9-12)18-8-2-7-17-14/h5-6,9,11,13,16H,2-4,7-8,10H2,1H3. The second kappa shape index (κ2) is 6.06. The first-order valence-electron chi connectivity index (χ1n) is 7.06. The summed E-state index contributed by atoms with van der Waals surface area (Å²) in [4.78, 5) is 1.27. The molecule has 1 heterocycles. The van der Waals surface area contributed by atoms with Gasteiger partial charge in [-0.15, -0.1) is 11.8 Å². The summed E-state index contributed by atoms with van der Waals surface area (Å²) < 4.78 is 11.4. The van der Waals surface area contributed by atoms with E-state index in [1.165, 1.54) is 17.7 Å². The SMILES string of the molecule is CNC(CSc1ccc2c(c1)OCCCO2)C1CC1. The molecule has 1 N–H and O–H groups in total. The fourth-order valence-corrected chi connectivity index (χ4v) is 3.54. The number of benzene rings is 1. The van der Waals surface area contributed by atoms with Gasteiger partial charge in [0.1, 0.15) is 0 Å². The van der Waals surface area contributed by atoms with E-state index in [1.54, 1.807) is 0 Å². The molecule has 0 saturated heterocycles. The Morgan fingerprint density at radius 3 is 2.79 bits per heavy atom. The summed E-state index contributed by atoms with van der Waals surface area (Å²) >= 11 is 1.90. The second-order valence-electron chi connectivity index (χ2n) is 5.20. The van der Waals surface area contributed by atoms with Gasteiger partial charge in [-0.25, -0.2) is 0 Å². The van der Waals surface area contributed by atoms with E-state index >= 15 is 0 Å². The number of fused-ring (bicyclic) bond motifs is 1. The van der Waals surface area contributed by atoms with Crippen LogP contribution < -0.4 is 14.8 Å². The van der Waals surface area contributed by atoms with Gasteiger partial charge in [0, 0.05) is 23.1 Å². The largest absolute Gasteiger partial charge is 0.490 e. The minimum Gasteiger partial charge on any atom is -0.490 e. The summed E-state index contributed by atoms with van der Waals surface area (Å²) in [6.07, 6.45) is 3.72. The Kier molecular flexibility index (Phi) is 4.18. The molecule has 3 rings (SSSR count). The van der Waals surface area contributed by atoms with Crippen LogP contribution in [0, 0.1) is 5.92 Å². The van der Waals surface area contributed by atoms with Gasteiger partial charge < -0.3 is 14.8 Å². The molecule has 4 heteroatoms. The van der Waals surface area contributed by atoms with Crippen LogP contribution in [0.5, 0.6) is 11.5 Å². The monoisotopic (exact) mass is 279 g/mol. The van der Waals surface area contributed by atoms with Crippen molar-refractivity contribution in [2.75, 3.05) is 26.0 Å². The van der Waals surface area contributed by atoms with E-state index in [0.29, 0.717) is 6.04 Å². The van der Waals surface area contributed by atoms with Gasteiger partial charge in [0.05, 0.1) is 13.2 Å². The lowest BCUT2D eigenvalue weighted by Gasteiger charge is -2.15. The number of rotatable bonds is 5. The molecule has 1 aliphatic carbocycles. The minimum absolute atomic E-state index is 0.640. The smallest absolute Gasteiger partial charge is 0.162 e. The maximum absolute atomic E-state index is 5.73. The van der Waals surface area contributed by atoms with Gasteiger partial charge in [-0.3, -0.25) is 0 Å². The Labute approximate surface area is 119 Å². The normalized spacial score (nSPS) is 19.8. The van der Waals surface area contributed by atoms with Gasteiger partial charge >= 0.3 is 0 Å². The molecule has 0 radical (unpaired) electrons. The highest BCUT2D eigenvalue weighted by atomic mass is 32.2. The summed E-state index contributed by atoms with van der Waals surface area (Å²) in [7, 11) is 2.07. The van der Waals surface area contributed by atoms with E-state index in [1.807, 2.05) is 17.8 Å². The van der Waals surface area contributed by atoms with E-state index in [-0.39, 0.29) is 0 Å². The van der Waals surface area contributed by atoms with Crippen molar-refractivity contribution in [2.24, 2.45) is 5.92 Å². The molecule has 1 aliphatic heterocycles. The van der Waals surface area contributed by atoms with Crippen LogP contribution in [-0.2, 0) is 0 Å². The number of nitrogens with one attached hydrogen (secondary N) is 1. The van der Waals surface area contributed by atoms with Crippen molar-refractivity contribution < 1.29 is 9.47 Å². The van der Waals surface area contributed by atoms with E-state index in [0.717, 1.165) is 42.8 Å². The van der Waals surface area contributed by atoms with Gasteiger partial charge in [0.2, 0.25) is 0 Å². The molecule has 104 valence electrons. The molecule has 19 heavy (non-hydrogen) atoms. The molecule has 1 aromatic carbocycles. The topological polar surface area (TPSA) is 30.5 Å². The summed E-state index contributed by atoms with van der Waals surface area (Å²) in [5.74, 6) is 3.79. The van der Waals surface area contributed by atoms with Crippen molar-refractivity contribution in [3.63, 3.8) is 0 Å². The molecule has 2 aliphatic rings. The van der Waals surface area contributed by atoms with Gasteiger partial charge in [-0.05, 0) is 44.0 Å². The van der Waals surface area contributed by atoms with Crippen molar-refractivity contribution >= 4 is 11.8 Å². The molecule has 0 aromatic heterocycles. The zero-order valence-corrected chi connectivity index (χ0v) is 12.2. The zero-order chi connectivity index (χ0) is 13.1. The summed E-state index contributed by atoms with van der Waals surface area (Å²) in [6.45, 7) is 1.51. The Hall–Kier alpha value is -0.870. The van der Waals surface area contributed by atoms with Crippen molar-refractivity contribution in [1.29, 1.82) is 0 Å². The Morgan fingerprint density at radius 2 is 2.05 bits per heavy atom. The van der Waals surface area contributed by atoms with Crippen LogP contribution in [-0.4, -0.2) is 32.1 Å². The van der Waals surface area contributed by atoms with Gasteiger partial charge in [-0.2, -0.15) is 0 Å². The molecule has 1 saturated carbocycles. The lowest BCUT2D eigenvalue weighted by molar-refractivity contribution is 0.297. The number of hydrogen-bond acceptors (Lipinski definition) is 4. The lowest BCUT2D eigenvalue weighted by atomic mass is 10.2. The third-order valence-corrected chi connectivity index (χ3v) is 4.82. The highest BCUT2D eigenvalue weighted by Gasteiger charge is 2.29. The van der Waals surface area contributed by atoms with E-state index in [9.17, 15) is 0 Å². The summed E-state index contributed by atoms with van der Waals surface area (Å²) in [6, 6.07) is 6.93. The molecule has 1 aromatic rings. The highest BCUT2D eigenvalue weighted by molar-refractivity contribution is 7.99. The van der Waals surface area contributed by atoms with Crippen LogP contribution in [0.15, 0.2) is 23.1 Å². The minimum atomic E-state index is 0.640. The molecular weight excluding hydrogens is 258 g/mol. The first kappa shape index (κ1) is 13.1. The molecular formula is C15H21NO2S. The van der Waals surface area contributed by atoms with Crippen LogP contribution >= 0.6 is 11.8 Å². The molecule has 0 amide bonds. The molecule has 1 unspecified atom stereocenters. The molecule has 1 atom stereocenters. The average Bonchev–Trinajstić information content (AvgIpc) is 3.25. The Balaban J connectivity index is 1.62. The fourth-order valence-electron chi connectivity index (χ4n) is 2.37. The van der Waals surface area contributed by atoms with Crippen LogP contribution in [0.3, 0.4) is 0 Å². The number of ether oxygens (including phenoxy) is 2. The third-order valence-electron chi connectivity index (χ3n) is 3.71. The molecule has 0 bridgehead atoms. The van der Waals surface area contributed by atoms with Gasteiger partial charge in [-0.1, -0.05) is 0 Å². The average molecular weight is 279 g/mol. The predicted octanol–water partition coefficient (Wildman–Crippen LogP) is 2.94. The zero-order valence-electron chi connectivity index (χ0n) is 11.4. The van der Waals surface area contributed by atoms with Crippen LogP contribution in [0.4, 0.5) is 0 Å². The van der Waals surface area contributed by atoms with Crippen molar-refractivity contribution in [3.05, 3.63) is 18.2 Å². The maximum Gasteiger partial charge on any atom is 0.162 e. The maximum atomic E-state index is 5.73. The van der Waals surface area contributed by atoms with E-state index in [4.69, 9.17) is 9.47 Å². The molecule has 3 nitrogen and oxygen atoms in total. The lowest BCUT2D eigenvalue weighted by Crippen LogP contribution is -2.29. The first-order valence-corrected chi connectivity index (χ1v) is 8.05. The van der Waals surface area contributed by atoms with Gasteiger partial charge in [0.15, 0.2) is 11.5 Å². The first-order chi connectivity index (χ1) is 9.36. The molecule has 0 spiro atoms. The number of hydrogen-bond donors (Lipinski definition) is 1. The fraction of sp³-hybridized carbons (Fsp3) is 0.600. The quantitative estimate of drug-likeness (QED) is 0.840. The molecule has 1 fully saturated rings. The van der Waals surface area contributed by atoms with E-state index < -0.39 is 0 Å². The van der Waals surface area contributed by atoms with Crippen LogP contribution in [0.1, 0.15) is 19.3 Å². The van der Waals surface area contributed by atoms with Crippen molar-refractivity contribution in [2.45, 2.75) is 30.2 Å². The Bertz CT molecular complexity index is 434. The number of thioether (sulfide) groups is 1. The third kappa shape index (κ3) is 3.37. The second-order valence-corrected chi connectivity index (χ2v) is 6.30. The van der Waals surface area contributed by atoms with Crippen molar-refractivity contribution in [3.8, 4) is 11.5 Å². The van der Waals surface area contributed by atoms with E-state index in [2.05, 4.69) is 24.5 Å². The summed E-state index contributed by atoms with van der Waals surface area (Å²) in [5.41, 5.74) is 0. The van der Waals surface area contributed by atoms with Crippen molar-refractivity contribution in [1.82, 2.24) is 5.32 Å². The predicted molar refractivity (Wildman–Crippen MR) is 78.3 cm³/mol. The van der Waals surface area contributed by atoms with Crippen LogP contribution in [0.25, 0.3) is 0 Å². The summed E-state index contributed by atoms with van der Waals surface area (Å²) in [5, 5.41) is 3.43. The highest BCUT2D eigenvalue weighted by Crippen LogP contribution is 2.37. The van der Waals surface area contributed by atoms with Crippen LogP contribution in [0.2, 0.25) is 0 Å². The Morgan fingerprint density at radius 1 is 1.26 bits per heavy atom. The van der Waals surface area contributed by atoms with Gasteiger partial charge in [0.25, 0.3) is 0 Å².